The summed E-state index contributed by atoms with van der Waals surface area (Å²) in [6.07, 6.45) is 0.294. The minimum absolute atomic E-state index is 0.0903. The van der Waals surface area contributed by atoms with Crippen molar-refractivity contribution < 1.29 is 19.5 Å². The third-order valence-corrected chi connectivity index (χ3v) is 4.08. The zero-order valence-corrected chi connectivity index (χ0v) is 15.1. The number of aliphatic carboxylic acids is 1. The molecule has 24 heavy (non-hydrogen) atoms. The first kappa shape index (κ1) is 20.3. The maximum atomic E-state index is 12.2. The second-order valence-corrected chi connectivity index (χ2v) is 6.61. The van der Waals surface area contributed by atoms with Crippen molar-refractivity contribution in [2.45, 2.75) is 39.3 Å². The second-order valence-electron chi connectivity index (χ2n) is 5.83. The molecule has 0 fully saturated rings. The molecular formula is C16H20Cl2N2O4. The van der Waals surface area contributed by atoms with Gasteiger partial charge in [-0.25, -0.2) is 4.79 Å². The molecule has 6 nitrogen and oxygen atoms in total. The lowest BCUT2D eigenvalue weighted by molar-refractivity contribution is -0.142. The van der Waals surface area contributed by atoms with Crippen LogP contribution in [0.5, 0.6) is 0 Å². The molecule has 1 aromatic carbocycles. The van der Waals surface area contributed by atoms with Crippen LogP contribution in [0.15, 0.2) is 18.2 Å². The average molecular weight is 375 g/mol. The molecule has 132 valence electrons. The minimum atomic E-state index is -1.12. The molecule has 2 atom stereocenters. The molecule has 1 unspecified atom stereocenters. The van der Waals surface area contributed by atoms with Gasteiger partial charge >= 0.3 is 5.97 Å². The molecule has 0 aromatic heterocycles. The van der Waals surface area contributed by atoms with Crippen LogP contribution in [0, 0.1) is 5.92 Å². The molecule has 2 amide bonds. The highest BCUT2D eigenvalue weighted by Crippen LogP contribution is 2.25. The lowest BCUT2D eigenvalue weighted by Gasteiger charge is -2.20. The van der Waals surface area contributed by atoms with Crippen LogP contribution in [-0.4, -0.2) is 35.0 Å². The molecule has 0 radical (unpaired) electrons. The Kier molecular flexibility index (Phi) is 7.51. The first-order chi connectivity index (χ1) is 11.1. The fourth-order valence-corrected chi connectivity index (χ4v) is 2.40. The van der Waals surface area contributed by atoms with Gasteiger partial charge in [-0.1, -0.05) is 43.1 Å². The average Bonchev–Trinajstić information content (AvgIpc) is 2.48. The predicted molar refractivity (Wildman–Crippen MR) is 92.4 cm³/mol. The van der Waals surface area contributed by atoms with Crippen LogP contribution < -0.4 is 10.6 Å². The van der Waals surface area contributed by atoms with Gasteiger partial charge in [0, 0.05) is 0 Å². The molecule has 1 aromatic rings. The summed E-state index contributed by atoms with van der Waals surface area (Å²) < 4.78 is 0. The molecule has 0 heterocycles. The van der Waals surface area contributed by atoms with Crippen LogP contribution in [-0.2, 0) is 9.59 Å². The van der Waals surface area contributed by atoms with Gasteiger partial charge in [-0.3, -0.25) is 9.59 Å². The Labute approximate surface area is 150 Å². The van der Waals surface area contributed by atoms with Crippen molar-refractivity contribution in [1.29, 1.82) is 0 Å². The third-order valence-electron chi connectivity index (χ3n) is 3.26. The molecule has 8 heteroatoms. The van der Waals surface area contributed by atoms with Crippen molar-refractivity contribution >= 4 is 41.0 Å². The van der Waals surface area contributed by atoms with Gasteiger partial charge in [-0.05, 0) is 31.4 Å². The molecule has 0 bridgehead atoms. The first-order valence-electron chi connectivity index (χ1n) is 7.41. The van der Waals surface area contributed by atoms with Crippen LogP contribution in [0.1, 0.15) is 37.6 Å². The van der Waals surface area contributed by atoms with Crippen molar-refractivity contribution in [3.05, 3.63) is 33.8 Å². The van der Waals surface area contributed by atoms with Crippen LogP contribution in [0.4, 0.5) is 0 Å². The van der Waals surface area contributed by atoms with E-state index in [0.717, 1.165) is 0 Å². The van der Waals surface area contributed by atoms with E-state index >= 15 is 0 Å². The summed E-state index contributed by atoms with van der Waals surface area (Å²) in [5.41, 5.74) is 0.140. The van der Waals surface area contributed by atoms with E-state index in [1.54, 1.807) is 12.1 Å². The van der Waals surface area contributed by atoms with Gasteiger partial charge in [-0.15, -0.1) is 0 Å². The van der Waals surface area contributed by atoms with Gasteiger partial charge < -0.3 is 15.7 Å². The van der Waals surface area contributed by atoms with E-state index in [1.807, 2.05) is 13.8 Å². The Morgan fingerprint density at radius 1 is 1.12 bits per heavy atom. The van der Waals surface area contributed by atoms with Gasteiger partial charge in [0.1, 0.15) is 12.1 Å². The molecule has 1 rings (SSSR count). The largest absolute Gasteiger partial charge is 0.480 e. The highest BCUT2D eigenvalue weighted by atomic mass is 35.5. The monoisotopic (exact) mass is 374 g/mol. The van der Waals surface area contributed by atoms with Crippen LogP contribution in [0.2, 0.25) is 10.0 Å². The van der Waals surface area contributed by atoms with E-state index in [9.17, 15) is 14.4 Å². The van der Waals surface area contributed by atoms with Gasteiger partial charge in [0.05, 0.1) is 15.6 Å². The highest BCUT2D eigenvalue weighted by molar-refractivity contribution is 6.43. The van der Waals surface area contributed by atoms with Crippen LogP contribution in [0.3, 0.4) is 0 Å². The van der Waals surface area contributed by atoms with E-state index in [4.69, 9.17) is 28.3 Å². The smallest absolute Gasteiger partial charge is 0.326 e. The molecule has 0 spiro atoms. The Hall–Kier alpha value is -1.79. The molecule has 0 aliphatic carbocycles. The maximum Gasteiger partial charge on any atom is 0.326 e. The Morgan fingerprint density at radius 3 is 2.29 bits per heavy atom. The summed E-state index contributed by atoms with van der Waals surface area (Å²) >= 11 is 11.8. The number of amides is 2. The Bertz CT molecular complexity index is 635. The topological polar surface area (TPSA) is 95.5 Å². The Morgan fingerprint density at radius 2 is 1.75 bits per heavy atom. The summed E-state index contributed by atoms with van der Waals surface area (Å²) in [7, 11) is 0. The summed E-state index contributed by atoms with van der Waals surface area (Å²) in [6.45, 7) is 5.17. The van der Waals surface area contributed by atoms with E-state index < -0.39 is 29.9 Å². The van der Waals surface area contributed by atoms with E-state index in [1.165, 1.54) is 13.0 Å². The van der Waals surface area contributed by atoms with E-state index in [2.05, 4.69) is 10.6 Å². The maximum absolute atomic E-state index is 12.2. The van der Waals surface area contributed by atoms with Crippen molar-refractivity contribution in [3.8, 4) is 0 Å². The molecule has 0 aliphatic rings. The van der Waals surface area contributed by atoms with Crippen molar-refractivity contribution in [2.75, 3.05) is 0 Å². The quantitative estimate of drug-likeness (QED) is 0.683. The second kappa shape index (κ2) is 8.89. The lowest BCUT2D eigenvalue weighted by atomic mass is 10.0. The summed E-state index contributed by atoms with van der Waals surface area (Å²) in [6, 6.07) is 2.65. The highest BCUT2D eigenvalue weighted by Gasteiger charge is 2.25. The van der Waals surface area contributed by atoms with Gasteiger partial charge in [0.25, 0.3) is 5.91 Å². The zero-order valence-electron chi connectivity index (χ0n) is 13.6. The number of nitrogens with one attached hydrogen (secondary N) is 2. The van der Waals surface area contributed by atoms with E-state index in [0.29, 0.717) is 6.42 Å². The predicted octanol–water partition coefficient (Wildman–Crippen LogP) is 2.73. The third kappa shape index (κ3) is 5.69. The number of carboxylic acids is 1. The molecule has 0 saturated carbocycles. The number of carbonyl (C=O) groups excluding carboxylic acids is 2. The molecule has 3 N–H and O–H groups in total. The van der Waals surface area contributed by atoms with Crippen LogP contribution in [0.25, 0.3) is 0 Å². The number of rotatable bonds is 7. The molecule has 0 saturated heterocycles. The van der Waals surface area contributed by atoms with Crippen molar-refractivity contribution in [1.82, 2.24) is 10.6 Å². The number of benzene rings is 1. The SMILES string of the molecule is CC(C)C[C@H](NC(=O)C(C)NC(=O)c1cccc(Cl)c1Cl)C(=O)O. The normalized spacial score (nSPS) is 13.2. The molecular weight excluding hydrogens is 355 g/mol. The summed E-state index contributed by atoms with van der Waals surface area (Å²) in [5, 5.41) is 14.4. The number of carboxylic acid groups (broad SMARTS) is 1. The lowest BCUT2D eigenvalue weighted by Crippen LogP contribution is -2.50. The summed E-state index contributed by atoms with van der Waals surface area (Å²) in [4.78, 5) is 35.5. The fourth-order valence-electron chi connectivity index (χ4n) is 2.01. The van der Waals surface area contributed by atoms with Gasteiger partial charge in [0.15, 0.2) is 0 Å². The van der Waals surface area contributed by atoms with Crippen LogP contribution >= 0.6 is 23.2 Å². The zero-order chi connectivity index (χ0) is 18.4. The van der Waals surface area contributed by atoms with Gasteiger partial charge in [-0.2, -0.15) is 0 Å². The number of hydrogen-bond donors (Lipinski definition) is 3. The minimum Gasteiger partial charge on any atom is -0.480 e. The number of carbonyl (C=O) groups is 3. The summed E-state index contributed by atoms with van der Waals surface area (Å²) in [5.74, 6) is -2.18. The number of halogens is 2. The van der Waals surface area contributed by atoms with E-state index in [-0.39, 0.29) is 21.5 Å². The van der Waals surface area contributed by atoms with Crippen molar-refractivity contribution in [3.63, 3.8) is 0 Å². The van der Waals surface area contributed by atoms with Gasteiger partial charge in [0.2, 0.25) is 5.91 Å². The number of hydrogen-bond acceptors (Lipinski definition) is 3. The van der Waals surface area contributed by atoms with Crippen molar-refractivity contribution in [2.24, 2.45) is 5.92 Å². The first-order valence-corrected chi connectivity index (χ1v) is 8.17. The fraction of sp³-hybridized carbons (Fsp3) is 0.438. The standard InChI is InChI=1S/C16H20Cl2N2O4/c1-8(2)7-12(16(23)24)20-14(21)9(3)19-15(22)10-5-4-6-11(17)13(10)18/h4-6,8-9,12H,7H2,1-3H3,(H,19,22)(H,20,21)(H,23,24)/t9?,12-/m0/s1. The Balaban J connectivity index is 2.74. The molecule has 0 aliphatic heterocycles.